The van der Waals surface area contributed by atoms with Crippen LogP contribution in [0.1, 0.15) is 29.7 Å². The van der Waals surface area contributed by atoms with Gasteiger partial charge >= 0.3 is 0 Å². The molecule has 0 aromatic carbocycles. The van der Waals surface area contributed by atoms with Gasteiger partial charge in [-0.05, 0) is 19.4 Å². The first-order chi connectivity index (χ1) is 7.04. The predicted molar refractivity (Wildman–Crippen MR) is 60.1 cm³/mol. The Morgan fingerprint density at radius 3 is 3.00 bits per heavy atom. The molecule has 0 radical (unpaired) electrons. The monoisotopic (exact) mass is 246 g/mol. The lowest BCUT2D eigenvalue weighted by atomic mass is 10.3. The highest BCUT2D eigenvalue weighted by atomic mass is 32.2. The second kappa shape index (κ2) is 3.88. The molecule has 3 nitrogen and oxygen atoms in total. The minimum Gasteiger partial charge on any atom is -0.372 e. The van der Waals surface area contributed by atoms with Crippen LogP contribution in [0.2, 0.25) is 0 Å². The van der Waals surface area contributed by atoms with Crippen LogP contribution in [0.15, 0.2) is 11.0 Å². The summed E-state index contributed by atoms with van der Waals surface area (Å²) in [5.74, 6) is 0.101. The number of fused-ring (bicyclic) bond motifs is 1. The normalized spacial score (nSPS) is 24.5. The molecular weight excluding hydrogens is 232 g/mol. The lowest BCUT2D eigenvalue weighted by Gasteiger charge is -2.06. The minimum atomic E-state index is -3.12. The summed E-state index contributed by atoms with van der Waals surface area (Å²) < 4.78 is 29.2. The number of sulfone groups is 1. The average molecular weight is 246 g/mol. The van der Waals surface area contributed by atoms with Gasteiger partial charge in [0, 0.05) is 4.88 Å². The zero-order valence-corrected chi connectivity index (χ0v) is 10.5. The first kappa shape index (κ1) is 11.1. The van der Waals surface area contributed by atoms with Crippen molar-refractivity contribution in [2.75, 3.05) is 12.4 Å². The van der Waals surface area contributed by atoms with E-state index in [1.807, 2.05) is 13.8 Å². The second-order valence-corrected chi connectivity index (χ2v) is 6.87. The Balaban J connectivity index is 2.59. The third-order valence-corrected chi connectivity index (χ3v) is 5.83. The fourth-order valence-electron chi connectivity index (χ4n) is 1.66. The summed E-state index contributed by atoms with van der Waals surface area (Å²) in [6.07, 6.45) is 0.780. The summed E-state index contributed by atoms with van der Waals surface area (Å²) in [6.45, 7) is 4.24. The van der Waals surface area contributed by atoms with Crippen LogP contribution in [-0.4, -0.2) is 20.8 Å². The van der Waals surface area contributed by atoms with Crippen LogP contribution in [0.5, 0.6) is 0 Å². The van der Waals surface area contributed by atoms with Gasteiger partial charge < -0.3 is 4.74 Å². The van der Waals surface area contributed by atoms with Gasteiger partial charge in [-0.1, -0.05) is 6.92 Å². The van der Waals surface area contributed by atoms with E-state index in [9.17, 15) is 8.42 Å². The molecule has 1 aliphatic rings. The van der Waals surface area contributed by atoms with Gasteiger partial charge in [-0.2, -0.15) is 0 Å². The summed E-state index contributed by atoms with van der Waals surface area (Å²) in [7, 11) is -3.12. The molecule has 0 unspecified atom stereocenters. The van der Waals surface area contributed by atoms with Gasteiger partial charge in [0.05, 0.1) is 28.2 Å². The van der Waals surface area contributed by atoms with Gasteiger partial charge in [-0.3, -0.25) is 0 Å². The van der Waals surface area contributed by atoms with Gasteiger partial charge in [0.1, 0.15) is 0 Å². The minimum absolute atomic E-state index is 0.0948. The van der Waals surface area contributed by atoms with Crippen molar-refractivity contribution in [2.24, 2.45) is 0 Å². The van der Waals surface area contributed by atoms with Gasteiger partial charge in [-0.25, -0.2) is 8.42 Å². The molecule has 0 bridgehead atoms. The number of hydrogen-bond donors (Lipinski definition) is 0. The lowest BCUT2D eigenvalue weighted by Crippen LogP contribution is -2.08. The van der Waals surface area contributed by atoms with Gasteiger partial charge in [0.15, 0.2) is 9.84 Å². The van der Waals surface area contributed by atoms with Gasteiger partial charge in [-0.15, -0.1) is 11.3 Å². The summed E-state index contributed by atoms with van der Waals surface area (Å²) in [5.41, 5.74) is 0. The van der Waals surface area contributed by atoms with Gasteiger partial charge in [0.2, 0.25) is 0 Å². The van der Waals surface area contributed by atoms with Crippen LogP contribution < -0.4 is 0 Å². The van der Waals surface area contributed by atoms with Crippen molar-refractivity contribution >= 4 is 21.2 Å². The Morgan fingerprint density at radius 1 is 1.60 bits per heavy atom. The van der Waals surface area contributed by atoms with Crippen molar-refractivity contribution in [2.45, 2.75) is 31.3 Å². The zero-order valence-electron chi connectivity index (χ0n) is 8.82. The quantitative estimate of drug-likeness (QED) is 0.762. The van der Waals surface area contributed by atoms with E-state index >= 15 is 0 Å². The largest absolute Gasteiger partial charge is 0.372 e. The molecule has 15 heavy (non-hydrogen) atoms. The van der Waals surface area contributed by atoms with Crippen LogP contribution in [0.4, 0.5) is 0 Å². The highest BCUT2D eigenvalue weighted by molar-refractivity contribution is 7.91. The maximum Gasteiger partial charge on any atom is 0.181 e. The van der Waals surface area contributed by atoms with Crippen LogP contribution >= 0.6 is 11.3 Å². The first-order valence-electron chi connectivity index (χ1n) is 5.01. The molecule has 0 saturated heterocycles. The molecule has 2 rings (SSSR count). The maximum absolute atomic E-state index is 11.9. The molecule has 0 amide bonds. The molecule has 0 N–H and O–H groups in total. The van der Waals surface area contributed by atoms with Crippen molar-refractivity contribution in [3.05, 3.63) is 15.8 Å². The Hall–Kier alpha value is -0.390. The van der Waals surface area contributed by atoms with E-state index in [1.54, 1.807) is 17.4 Å². The number of hydrogen-bond acceptors (Lipinski definition) is 4. The summed E-state index contributed by atoms with van der Waals surface area (Å²) in [5, 5.41) is 0. The number of rotatable bonds is 1. The van der Waals surface area contributed by atoms with Crippen LogP contribution in [0, 0.1) is 0 Å². The van der Waals surface area contributed by atoms with Crippen LogP contribution in [0.25, 0.3) is 0 Å². The molecule has 1 aromatic rings. The topological polar surface area (TPSA) is 43.4 Å². The molecule has 0 saturated carbocycles. The Kier molecular flexibility index (Phi) is 2.87. The standard InChI is InChI=1S/C10H14O3S2/c1-3-8-6-9-10(14-8)7(2)13-4-5-15(9,11)12/h6-7H,3-5H2,1-2H3/t7-/m1/s1. The molecular formula is C10H14O3S2. The Labute approximate surface area is 94.0 Å². The highest BCUT2D eigenvalue weighted by Crippen LogP contribution is 2.36. The predicted octanol–water partition coefficient (Wildman–Crippen LogP) is 2.18. The second-order valence-electron chi connectivity index (χ2n) is 3.63. The average Bonchev–Trinajstić information content (AvgIpc) is 2.57. The molecule has 0 fully saturated rings. The molecule has 1 atom stereocenters. The number of ether oxygens (including phenoxy) is 1. The van der Waals surface area contributed by atoms with E-state index in [-0.39, 0.29) is 11.9 Å². The van der Waals surface area contributed by atoms with Crippen molar-refractivity contribution in [1.82, 2.24) is 0 Å². The first-order valence-corrected chi connectivity index (χ1v) is 7.48. The molecule has 1 aromatic heterocycles. The maximum atomic E-state index is 11.9. The van der Waals surface area contributed by atoms with E-state index < -0.39 is 9.84 Å². The fraction of sp³-hybridized carbons (Fsp3) is 0.600. The molecule has 0 aliphatic carbocycles. The third-order valence-electron chi connectivity index (χ3n) is 2.55. The number of aryl methyl sites for hydroxylation is 1. The summed E-state index contributed by atoms with van der Waals surface area (Å²) in [4.78, 5) is 2.47. The SMILES string of the molecule is CCc1cc2c(s1)[C@@H](C)OCCS2(=O)=O. The molecule has 84 valence electrons. The van der Waals surface area contributed by atoms with E-state index in [2.05, 4.69) is 0 Å². The number of thiophene rings is 1. The van der Waals surface area contributed by atoms with Gasteiger partial charge in [0.25, 0.3) is 0 Å². The van der Waals surface area contributed by atoms with Crippen molar-refractivity contribution in [1.29, 1.82) is 0 Å². The smallest absolute Gasteiger partial charge is 0.181 e. The fourth-order valence-corrected chi connectivity index (χ4v) is 4.57. The van der Waals surface area contributed by atoms with Crippen molar-refractivity contribution in [3.63, 3.8) is 0 Å². The van der Waals surface area contributed by atoms with Crippen molar-refractivity contribution < 1.29 is 13.2 Å². The van der Waals surface area contributed by atoms with Crippen LogP contribution in [0.3, 0.4) is 0 Å². The molecule has 2 heterocycles. The van der Waals surface area contributed by atoms with E-state index in [4.69, 9.17) is 4.74 Å². The third kappa shape index (κ3) is 1.96. The lowest BCUT2D eigenvalue weighted by molar-refractivity contribution is 0.0810. The summed E-state index contributed by atoms with van der Waals surface area (Å²) in [6, 6.07) is 1.81. The molecule has 0 spiro atoms. The van der Waals surface area contributed by atoms with E-state index in [0.717, 1.165) is 16.2 Å². The van der Waals surface area contributed by atoms with Crippen molar-refractivity contribution in [3.8, 4) is 0 Å². The highest BCUT2D eigenvalue weighted by Gasteiger charge is 2.28. The Morgan fingerprint density at radius 2 is 2.33 bits per heavy atom. The Bertz CT molecular complexity index is 459. The van der Waals surface area contributed by atoms with Crippen LogP contribution in [-0.2, 0) is 21.0 Å². The van der Waals surface area contributed by atoms with E-state index in [0.29, 0.717) is 11.5 Å². The zero-order chi connectivity index (χ0) is 11.1. The van der Waals surface area contributed by atoms with E-state index in [1.165, 1.54) is 0 Å². The molecule has 5 heteroatoms. The summed E-state index contributed by atoms with van der Waals surface area (Å²) >= 11 is 1.55. The molecule has 1 aliphatic heterocycles.